The summed E-state index contributed by atoms with van der Waals surface area (Å²) in [6, 6.07) is -9.42. The van der Waals surface area contributed by atoms with Crippen LogP contribution in [0.3, 0.4) is 0 Å². The van der Waals surface area contributed by atoms with Gasteiger partial charge in [0.05, 0.1) is 31.7 Å². The molecule has 22 heteroatoms. The Bertz CT molecular complexity index is 1480. The van der Waals surface area contributed by atoms with Crippen LogP contribution in [0.4, 0.5) is 0 Å². The Hall–Kier alpha value is -5.06. The van der Waals surface area contributed by atoms with Crippen LogP contribution in [0.5, 0.6) is 0 Å². The van der Waals surface area contributed by atoms with Crippen molar-refractivity contribution in [2.75, 3.05) is 26.3 Å². The van der Waals surface area contributed by atoms with Gasteiger partial charge in [0.2, 0.25) is 41.4 Å². The number of nitrogens with one attached hydrogen (secondary N) is 8. The Balaban J connectivity index is 6.24. The van der Waals surface area contributed by atoms with E-state index < -0.39 is 121 Å². The summed E-state index contributed by atoms with van der Waals surface area (Å²) in [5.41, 5.74) is 11.6. The maximum atomic E-state index is 14.0. The van der Waals surface area contributed by atoms with Gasteiger partial charge in [-0.25, -0.2) is 4.79 Å². The number of carbonyl (C=O) groups is 8. The zero-order chi connectivity index (χ0) is 47.1. The van der Waals surface area contributed by atoms with Crippen LogP contribution in [-0.4, -0.2) is 142 Å². The molecule has 0 spiro atoms. The quantitative estimate of drug-likeness (QED) is 0.0310. The first-order valence-electron chi connectivity index (χ1n) is 20.6. The fourth-order valence-electron chi connectivity index (χ4n) is 5.74. The van der Waals surface area contributed by atoms with Crippen LogP contribution in [0.15, 0.2) is 12.4 Å². The first-order valence-corrected chi connectivity index (χ1v) is 20.6. The van der Waals surface area contributed by atoms with E-state index in [1.165, 1.54) is 0 Å². The van der Waals surface area contributed by atoms with Crippen LogP contribution in [0.1, 0.15) is 87.5 Å². The molecule has 0 bridgehead atoms. The Morgan fingerprint density at radius 1 is 0.623 bits per heavy atom. The van der Waals surface area contributed by atoms with Crippen LogP contribution in [-0.2, 0) is 38.4 Å². The number of carboxylic acid groups (broad SMARTS) is 1. The maximum absolute atomic E-state index is 14.0. The number of aliphatic hydroxyl groups is 3. The summed E-state index contributed by atoms with van der Waals surface area (Å²) in [5, 5.41) is 58.2. The number of rotatable bonds is 30. The molecule has 0 rings (SSSR count). The number of hydrogen-bond donors (Lipinski definition) is 14. The van der Waals surface area contributed by atoms with E-state index in [4.69, 9.17) is 21.7 Å². The number of hydrogen-bond acceptors (Lipinski definition) is 14. The van der Waals surface area contributed by atoms with E-state index >= 15 is 0 Å². The minimum absolute atomic E-state index is 0.0570. The molecule has 0 unspecified atom stereocenters. The average Bonchev–Trinajstić information content (AvgIpc) is 3.18. The maximum Gasteiger partial charge on any atom is 0.328 e. The highest BCUT2D eigenvalue weighted by molar-refractivity contribution is 5.97. The van der Waals surface area contributed by atoms with Crippen molar-refractivity contribution < 1.29 is 58.8 Å². The van der Waals surface area contributed by atoms with E-state index in [2.05, 4.69) is 43.8 Å². The van der Waals surface area contributed by atoms with Gasteiger partial charge in [0.15, 0.2) is 0 Å². The van der Waals surface area contributed by atoms with Crippen molar-refractivity contribution in [3.8, 4) is 0 Å². The van der Waals surface area contributed by atoms with Crippen LogP contribution in [0.2, 0.25) is 0 Å². The third-order valence-corrected chi connectivity index (χ3v) is 9.54. The Labute approximate surface area is 357 Å². The fraction of sp³-hybridized carbons (Fsp3) is 0.744. The van der Waals surface area contributed by atoms with Gasteiger partial charge in [0.25, 0.3) is 0 Å². The monoisotopic (exact) mass is 873 g/mol. The van der Waals surface area contributed by atoms with Crippen molar-refractivity contribution in [1.29, 1.82) is 0 Å². The van der Waals surface area contributed by atoms with Gasteiger partial charge < -0.3 is 74.4 Å². The summed E-state index contributed by atoms with van der Waals surface area (Å²) >= 11 is 0. The third-order valence-electron chi connectivity index (χ3n) is 9.54. The van der Waals surface area contributed by atoms with Crippen molar-refractivity contribution >= 4 is 47.3 Å². The molecule has 0 aliphatic heterocycles. The van der Waals surface area contributed by atoms with Gasteiger partial charge in [-0.3, -0.25) is 33.6 Å². The van der Waals surface area contributed by atoms with Gasteiger partial charge in [-0.05, 0) is 49.4 Å². The lowest BCUT2D eigenvalue weighted by Crippen LogP contribution is -2.61. The molecule has 0 aliphatic rings. The number of aliphatic hydroxyl groups excluding tert-OH is 3. The number of amides is 7. The molecule has 0 aromatic carbocycles. The molecule has 0 aliphatic carbocycles. The largest absolute Gasteiger partial charge is 0.480 e. The molecule has 0 aromatic heterocycles. The predicted molar refractivity (Wildman–Crippen MR) is 224 cm³/mol. The summed E-state index contributed by atoms with van der Waals surface area (Å²) in [7, 11) is 0. The lowest BCUT2D eigenvalue weighted by Gasteiger charge is -2.30. The SMILES string of the molecule is C=C(N)NCCC[C@@H](NC(=O)[C@H](CC(C)C)NC(=O)[C@@H](N)[C@H](O)C(C)C)C(=O)N[C@H](C(=O)N[C@@H](CC(C)C)C(=O)NCC(=O)N[C@@H](CO)C(=O)N[C@@H](CO)C(=O)O)[C@@H](C)CC. The molecule has 16 N–H and O–H groups in total. The smallest absolute Gasteiger partial charge is 0.328 e. The van der Waals surface area contributed by atoms with E-state index in [1.807, 2.05) is 19.2 Å². The van der Waals surface area contributed by atoms with Gasteiger partial charge in [-0.1, -0.05) is 68.4 Å². The van der Waals surface area contributed by atoms with Crippen molar-refractivity contribution in [3.63, 3.8) is 0 Å². The van der Waals surface area contributed by atoms with E-state index in [1.54, 1.807) is 41.5 Å². The Kier molecular flexibility index (Phi) is 26.1. The van der Waals surface area contributed by atoms with Crippen molar-refractivity contribution in [3.05, 3.63) is 12.4 Å². The second kappa shape index (κ2) is 28.5. The second-order valence-corrected chi connectivity index (χ2v) is 16.3. The molecule has 22 nitrogen and oxygen atoms in total. The van der Waals surface area contributed by atoms with E-state index in [-0.39, 0.29) is 49.4 Å². The van der Waals surface area contributed by atoms with E-state index in [9.17, 15) is 48.6 Å². The molecule has 0 aromatic rings. The van der Waals surface area contributed by atoms with E-state index in [0.717, 1.165) is 0 Å². The molecule has 0 saturated carbocycles. The standard InChI is InChI=1S/C39H72N10O12/c1-10-22(8)31(38(59)47-25(14-19(2)3)33(54)43-16-29(52)44-27(17-50)36(57)48-28(18-51)39(60)61)49-34(55)24(12-11-13-42-23(9)40)45-35(56)26(15-20(4)5)46-37(58)30(41)32(53)21(6)7/h19-22,24-28,30-32,42,50-51,53H,9-18,40-41H2,1-8H3,(H,43,54)(H,44,52)(H,45,56)(H,46,58)(H,47,59)(H,48,57)(H,49,55)(H,60,61)/t22-,24+,25-,26-,27-,28-,30-,31-,32+/m0/s1. The van der Waals surface area contributed by atoms with Crippen LogP contribution < -0.4 is 54.0 Å². The first kappa shape index (κ1) is 55.9. The summed E-state index contributed by atoms with van der Waals surface area (Å²) in [6.07, 6.45) is -0.158. The zero-order valence-electron chi connectivity index (χ0n) is 36.7. The van der Waals surface area contributed by atoms with Crippen LogP contribution in [0.25, 0.3) is 0 Å². The van der Waals surface area contributed by atoms with E-state index in [0.29, 0.717) is 12.8 Å². The molecule has 0 saturated heterocycles. The van der Waals surface area contributed by atoms with Crippen molar-refractivity contribution in [1.82, 2.24) is 42.5 Å². The highest BCUT2D eigenvalue weighted by Crippen LogP contribution is 2.13. The average molecular weight is 873 g/mol. The van der Waals surface area contributed by atoms with Crippen LogP contribution >= 0.6 is 0 Å². The number of carboxylic acids is 1. The van der Waals surface area contributed by atoms with Crippen LogP contribution in [0, 0.1) is 23.7 Å². The zero-order valence-corrected chi connectivity index (χ0v) is 36.7. The van der Waals surface area contributed by atoms with Gasteiger partial charge in [-0.2, -0.15) is 0 Å². The molecule has 7 amide bonds. The molecule has 350 valence electrons. The molecule has 0 heterocycles. The normalized spacial score (nSPS) is 15.7. The molecular formula is C39H72N10O12. The van der Waals surface area contributed by atoms with Gasteiger partial charge >= 0.3 is 5.97 Å². The Morgan fingerprint density at radius 2 is 1.10 bits per heavy atom. The Morgan fingerprint density at radius 3 is 1.57 bits per heavy atom. The minimum atomic E-state index is -1.69. The summed E-state index contributed by atoms with van der Waals surface area (Å²) in [5.74, 6) is -8.21. The summed E-state index contributed by atoms with van der Waals surface area (Å²) in [6.45, 7) is 15.4. The van der Waals surface area contributed by atoms with Gasteiger partial charge in [0, 0.05) is 6.54 Å². The molecule has 0 radical (unpaired) electrons. The second-order valence-electron chi connectivity index (χ2n) is 16.3. The van der Waals surface area contributed by atoms with Crippen molar-refractivity contribution in [2.24, 2.45) is 35.1 Å². The highest BCUT2D eigenvalue weighted by atomic mass is 16.4. The molecule has 61 heavy (non-hydrogen) atoms. The topological polar surface area (TPSA) is 366 Å². The molecule has 0 fully saturated rings. The third kappa shape index (κ3) is 21.3. The van der Waals surface area contributed by atoms with Crippen molar-refractivity contribution in [2.45, 2.75) is 136 Å². The van der Waals surface area contributed by atoms with Gasteiger partial charge in [-0.15, -0.1) is 0 Å². The lowest BCUT2D eigenvalue weighted by atomic mass is 9.96. The minimum Gasteiger partial charge on any atom is -0.480 e. The summed E-state index contributed by atoms with van der Waals surface area (Å²) < 4.78 is 0. The molecule has 9 atom stereocenters. The number of aliphatic carboxylic acids is 1. The van der Waals surface area contributed by atoms with Gasteiger partial charge in [0.1, 0.15) is 42.3 Å². The predicted octanol–water partition coefficient (Wildman–Crippen LogP) is -3.64. The molecular weight excluding hydrogens is 800 g/mol. The summed E-state index contributed by atoms with van der Waals surface area (Å²) in [4.78, 5) is 104. The highest BCUT2D eigenvalue weighted by Gasteiger charge is 2.35. The lowest BCUT2D eigenvalue weighted by molar-refractivity contribution is -0.143. The number of nitrogens with two attached hydrogens (primary N) is 2. The first-order chi connectivity index (χ1) is 28.4. The fourth-order valence-corrected chi connectivity index (χ4v) is 5.74. The number of carbonyl (C=O) groups excluding carboxylic acids is 7.